The second-order valence-electron chi connectivity index (χ2n) is 4.30. The number of anilines is 2. The number of hydrogen-bond acceptors (Lipinski definition) is 7. The fourth-order valence-corrected chi connectivity index (χ4v) is 2.65. The Morgan fingerprint density at radius 1 is 1.10 bits per heavy atom. The first-order chi connectivity index (χ1) is 10.4. The zero-order valence-electron chi connectivity index (χ0n) is 10.8. The monoisotopic (exact) mass is 298 g/mol. The summed E-state index contributed by atoms with van der Waals surface area (Å²) in [6.07, 6.45) is 1.50. The minimum atomic E-state index is 0.257. The third-order valence-electron chi connectivity index (χ3n) is 2.94. The molecular formula is C14H10N4O2S. The van der Waals surface area contributed by atoms with Crippen LogP contribution in [0.5, 0.6) is 11.5 Å². The third kappa shape index (κ3) is 2.38. The molecule has 21 heavy (non-hydrogen) atoms. The van der Waals surface area contributed by atoms with Crippen molar-refractivity contribution in [3.63, 3.8) is 0 Å². The standard InChI is InChI=1S/C14H10N4O2S/c1-2-12(21-5-1)13-15-7-16-14(18-13)17-9-3-4-10-11(6-9)20-8-19-10/h1-7H,8H2,(H,15,16,17,18). The smallest absolute Gasteiger partial charge is 0.231 e. The van der Waals surface area contributed by atoms with Gasteiger partial charge in [-0.3, -0.25) is 0 Å². The van der Waals surface area contributed by atoms with Crippen LogP contribution >= 0.6 is 11.3 Å². The van der Waals surface area contributed by atoms with Gasteiger partial charge in [0.15, 0.2) is 17.3 Å². The van der Waals surface area contributed by atoms with E-state index < -0.39 is 0 Å². The van der Waals surface area contributed by atoms with Crippen LogP contribution in [0.2, 0.25) is 0 Å². The number of ether oxygens (including phenoxy) is 2. The Morgan fingerprint density at radius 2 is 2.05 bits per heavy atom. The normalized spacial score (nSPS) is 12.4. The fourth-order valence-electron chi connectivity index (χ4n) is 1.98. The molecule has 0 fully saturated rings. The molecule has 1 N–H and O–H groups in total. The van der Waals surface area contributed by atoms with Crippen molar-refractivity contribution in [3.8, 4) is 22.2 Å². The van der Waals surface area contributed by atoms with E-state index >= 15 is 0 Å². The number of thiophene rings is 1. The largest absolute Gasteiger partial charge is 0.454 e. The van der Waals surface area contributed by atoms with E-state index in [-0.39, 0.29) is 6.79 Å². The molecule has 0 radical (unpaired) electrons. The van der Waals surface area contributed by atoms with Crippen molar-refractivity contribution in [1.29, 1.82) is 0 Å². The molecule has 0 bridgehead atoms. The minimum Gasteiger partial charge on any atom is -0.454 e. The van der Waals surface area contributed by atoms with Crippen LogP contribution in [0.1, 0.15) is 0 Å². The van der Waals surface area contributed by atoms with E-state index in [1.807, 2.05) is 35.7 Å². The lowest BCUT2D eigenvalue weighted by Gasteiger charge is -2.06. The summed E-state index contributed by atoms with van der Waals surface area (Å²) in [5, 5.41) is 5.13. The number of rotatable bonds is 3. The SMILES string of the molecule is c1csc(-c2ncnc(Nc3ccc4c(c3)OCO4)n2)c1. The van der Waals surface area contributed by atoms with E-state index in [1.54, 1.807) is 11.3 Å². The van der Waals surface area contributed by atoms with E-state index in [1.165, 1.54) is 6.33 Å². The molecule has 2 aromatic heterocycles. The molecule has 4 rings (SSSR count). The second-order valence-corrected chi connectivity index (χ2v) is 5.25. The molecule has 6 nitrogen and oxygen atoms in total. The molecule has 0 aliphatic carbocycles. The molecular weight excluding hydrogens is 288 g/mol. The maximum absolute atomic E-state index is 5.35. The lowest BCUT2D eigenvalue weighted by atomic mass is 10.3. The third-order valence-corrected chi connectivity index (χ3v) is 3.81. The summed E-state index contributed by atoms with van der Waals surface area (Å²) in [5.74, 6) is 2.61. The number of fused-ring (bicyclic) bond motifs is 1. The van der Waals surface area contributed by atoms with Crippen molar-refractivity contribution >= 4 is 23.0 Å². The molecule has 1 aliphatic rings. The van der Waals surface area contributed by atoms with Gasteiger partial charge in [0, 0.05) is 11.8 Å². The van der Waals surface area contributed by atoms with Crippen molar-refractivity contribution in [3.05, 3.63) is 42.0 Å². The van der Waals surface area contributed by atoms with Gasteiger partial charge in [-0.2, -0.15) is 4.98 Å². The molecule has 0 spiro atoms. The van der Waals surface area contributed by atoms with E-state index in [0.717, 1.165) is 16.3 Å². The van der Waals surface area contributed by atoms with Gasteiger partial charge in [-0.25, -0.2) is 9.97 Å². The van der Waals surface area contributed by atoms with Crippen LogP contribution in [0.15, 0.2) is 42.0 Å². The summed E-state index contributed by atoms with van der Waals surface area (Å²) in [6, 6.07) is 9.55. The Labute approximate surface area is 124 Å². The summed E-state index contributed by atoms with van der Waals surface area (Å²) in [5.41, 5.74) is 0.836. The maximum Gasteiger partial charge on any atom is 0.231 e. The topological polar surface area (TPSA) is 69.2 Å². The molecule has 3 heterocycles. The molecule has 7 heteroatoms. The summed E-state index contributed by atoms with van der Waals surface area (Å²) in [6.45, 7) is 0.257. The molecule has 104 valence electrons. The van der Waals surface area contributed by atoms with Gasteiger partial charge in [-0.15, -0.1) is 11.3 Å². The molecule has 1 aromatic carbocycles. The zero-order valence-corrected chi connectivity index (χ0v) is 11.6. The fraction of sp³-hybridized carbons (Fsp3) is 0.0714. The summed E-state index contributed by atoms with van der Waals surface area (Å²) < 4.78 is 10.6. The highest BCUT2D eigenvalue weighted by molar-refractivity contribution is 7.13. The Kier molecular flexibility index (Phi) is 2.89. The number of aromatic nitrogens is 3. The molecule has 0 unspecified atom stereocenters. The van der Waals surface area contributed by atoms with Crippen LogP contribution in [0.4, 0.5) is 11.6 Å². The van der Waals surface area contributed by atoms with Crippen molar-refractivity contribution in [2.45, 2.75) is 0 Å². The molecule has 0 saturated heterocycles. The number of nitrogens with zero attached hydrogens (tertiary/aromatic N) is 3. The molecule has 0 amide bonds. The van der Waals surface area contributed by atoms with Gasteiger partial charge in [-0.05, 0) is 23.6 Å². The summed E-state index contributed by atoms with van der Waals surface area (Å²) in [7, 11) is 0. The Hall–Kier alpha value is -2.67. The predicted octanol–water partition coefficient (Wildman–Crippen LogP) is 3.07. The summed E-state index contributed by atoms with van der Waals surface area (Å²) in [4.78, 5) is 13.7. The lowest BCUT2D eigenvalue weighted by molar-refractivity contribution is 0.174. The van der Waals surface area contributed by atoms with E-state index in [0.29, 0.717) is 17.5 Å². The first-order valence-corrected chi connectivity index (χ1v) is 7.16. The van der Waals surface area contributed by atoms with Crippen molar-refractivity contribution < 1.29 is 9.47 Å². The van der Waals surface area contributed by atoms with Gasteiger partial charge in [-0.1, -0.05) is 6.07 Å². The Balaban J connectivity index is 1.61. The summed E-state index contributed by atoms with van der Waals surface area (Å²) >= 11 is 1.59. The second kappa shape index (κ2) is 5.02. The van der Waals surface area contributed by atoms with Crippen molar-refractivity contribution in [2.75, 3.05) is 12.1 Å². The first kappa shape index (κ1) is 12.1. The molecule has 3 aromatic rings. The van der Waals surface area contributed by atoms with E-state index in [4.69, 9.17) is 9.47 Å². The quantitative estimate of drug-likeness (QED) is 0.801. The van der Waals surface area contributed by atoms with Gasteiger partial charge in [0.1, 0.15) is 6.33 Å². The zero-order chi connectivity index (χ0) is 14.1. The number of nitrogens with one attached hydrogen (secondary N) is 1. The van der Waals surface area contributed by atoms with Crippen LogP contribution in [0.3, 0.4) is 0 Å². The van der Waals surface area contributed by atoms with Crippen LogP contribution in [-0.2, 0) is 0 Å². The maximum atomic E-state index is 5.35. The highest BCUT2D eigenvalue weighted by Gasteiger charge is 2.13. The highest BCUT2D eigenvalue weighted by atomic mass is 32.1. The van der Waals surface area contributed by atoms with E-state index in [2.05, 4.69) is 20.3 Å². The molecule has 1 aliphatic heterocycles. The Bertz CT molecular complexity index is 776. The van der Waals surface area contributed by atoms with Crippen LogP contribution < -0.4 is 14.8 Å². The van der Waals surface area contributed by atoms with Gasteiger partial charge >= 0.3 is 0 Å². The average molecular weight is 298 g/mol. The average Bonchev–Trinajstić information content (AvgIpc) is 3.18. The highest BCUT2D eigenvalue weighted by Crippen LogP contribution is 2.34. The van der Waals surface area contributed by atoms with E-state index in [9.17, 15) is 0 Å². The van der Waals surface area contributed by atoms with Gasteiger partial charge < -0.3 is 14.8 Å². The van der Waals surface area contributed by atoms with Crippen LogP contribution in [-0.4, -0.2) is 21.7 Å². The predicted molar refractivity (Wildman–Crippen MR) is 79.0 cm³/mol. The number of hydrogen-bond donors (Lipinski definition) is 1. The lowest BCUT2D eigenvalue weighted by Crippen LogP contribution is -1.99. The molecule has 0 saturated carbocycles. The number of benzene rings is 1. The van der Waals surface area contributed by atoms with Gasteiger partial charge in [0.25, 0.3) is 0 Å². The first-order valence-electron chi connectivity index (χ1n) is 6.28. The Morgan fingerprint density at radius 3 is 2.95 bits per heavy atom. The van der Waals surface area contributed by atoms with Gasteiger partial charge in [0.05, 0.1) is 4.88 Å². The van der Waals surface area contributed by atoms with Crippen molar-refractivity contribution in [1.82, 2.24) is 15.0 Å². The van der Waals surface area contributed by atoms with Crippen molar-refractivity contribution in [2.24, 2.45) is 0 Å². The van der Waals surface area contributed by atoms with Gasteiger partial charge in [0.2, 0.25) is 12.7 Å². The van der Waals surface area contributed by atoms with Crippen LogP contribution in [0, 0.1) is 0 Å². The minimum absolute atomic E-state index is 0.257. The van der Waals surface area contributed by atoms with Crippen LogP contribution in [0.25, 0.3) is 10.7 Å². The molecule has 0 atom stereocenters.